The Morgan fingerprint density at radius 3 is 2.68 bits per heavy atom. The molecule has 0 fully saturated rings. The van der Waals surface area contributed by atoms with Crippen molar-refractivity contribution in [2.75, 3.05) is 26.7 Å². The van der Waals surface area contributed by atoms with Crippen molar-refractivity contribution in [2.45, 2.75) is 26.9 Å². The first kappa shape index (κ1) is 22.9. The number of phenols is 1. The second-order valence-electron chi connectivity index (χ2n) is 7.57. The number of ether oxygens (including phenoxy) is 3. The first-order valence-electron chi connectivity index (χ1n) is 9.86. The molecule has 1 heterocycles. The van der Waals surface area contributed by atoms with Gasteiger partial charge in [-0.2, -0.15) is 0 Å². The van der Waals surface area contributed by atoms with Gasteiger partial charge >= 0.3 is 5.97 Å². The highest BCUT2D eigenvalue weighted by Gasteiger charge is 2.31. The highest BCUT2D eigenvalue weighted by molar-refractivity contribution is 7.58. The van der Waals surface area contributed by atoms with E-state index in [9.17, 15) is 14.5 Å². The summed E-state index contributed by atoms with van der Waals surface area (Å²) in [6.45, 7) is 5.64. The van der Waals surface area contributed by atoms with Crippen LogP contribution in [-0.4, -0.2) is 37.8 Å². The van der Waals surface area contributed by atoms with Crippen LogP contribution in [0.3, 0.4) is 0 Å². The number of para-hydroxylation sites is 1. The molecular formula is C23H27O7P. The molecule has 1 aliphatic heterocycles. The van der Waals surface area contributed by atoms with Gasteiger partial charge in [-0.25, -0.2) is 4.79 Å². The van der Waals surface area contributed by atoms with Gasteiger partial charge in [0.1, 0.15) is 35.8 Å². The van der Waals surface area contributed by atoms with Crippen molar-refractivity contribution in [2.24, 2.45) is 0 Å². The van der Waals surface area contributed by atoms with Gasteiger partial charge < -0.3 is 23.8 Å². The quantitative estimate of drug-likeness (QED) is 0.335. The van der Waals surface area contributed by atoms with Gasteiger partial charge in [-0.15, -0.1) is 0 Å². The van der Waals surface area contributed by atoms with Crippen LogP contribution in [0, 0.1) is 6.92 Å². The summed E-state index contributed by atoms with van der Waals surface area (Å²) in [4.78, 5) is 12.0. The summed E-state index contributed by atoms with van der Waals surface area (Å²) < 4.78 is 34.3. The topological polar surface area (TPSA) is 91.3 Å². The van der Waals surface area contributed by atoms with Gasteiger partial charge in [-0.05, 0) is 38.0 Å². The molecule has 0 amide bonds. The third-order valence-electron chi connectivity index (χ3n) is 5.00. The van der Waals surface area contributed by atoms with Crippen molar-refractivity contribution < 1.29 is 33.2 Å². The molecule has 0 spiro atoms. The Labute approximate surface area is 182 Å². The van der Waals surface area contributed by atoms with Crippen molar-refractivity contribution in [3.8, 4) is 17.2 Å². The van der Waals surface area contributed by atoms with E-state index in [0.29, 0.717) is 29.0 Å². The average molecular weight is 446 g/mol. The Balaban J connectivity index is 1.65. The molecule has 7 nitrogen and oxygen atoms in total. The van der Waals surface area contributed by atoms with E-state index in [2.05, 4.69) is 0 Å². The maximum absolute atomic E-state index is 12.6. The summed E-state index contributed by atoms with van der Waals surface area (Å²) >= 11 is 0. The van der Waals surface area contributed by atoms with Crippen molar-refractivity contribution >= 4 is 13.3 Å². The van der Waals surface area contributed by atoms with E-state index in [0.717, 1.165) is 11.1 Å². The van der Waals surface area contributed by atoms with Crippen molar-refractivity contribution in [1.82, 2.24) is 0 Å². The smallest absolute Gasteiger partial charge is 0.342 e. The second-order valence-corrected chi connectivity index (χ2v) is 10.0. The Morgan fingerprint density at radius 1 is 1.29 bits per heavy atom. The fourth-order valence-corrected chi connectivity index (χ4v) is 4.51. The number of fused-ring (bicyclic) bond motifs is 1. The lowest BCUT2D eigenvalue weighted by Crippen LogP contribution is -2.04. The molecule has 8 heteroatoms. The number of phenolic OH excluding ortho intramolecular Hbond substituents is 1. The number of methoxy groups -OCH3 is 1. The number of hydrogen-bond acceptors (Lipinski definition) is 7. The lowest BCUT2D eigenvalue weighted by atomic mass is 9.95. The van der Waals surface area contributed by atoms with Crippen LogP contribution in [0.25, 0.3) is 0 Å². The van der Waals surface area contributed by atoms with Crippen molar-refractivity contribution in [3.05, 3.63) is 64.2 Å². The second kappa shape index (κ2) is 9.58. The highest BCUT2D eigenvalue weighted by atomic mass is 31.2. The molecule has 0 radical (unpaired) electrons. The molecule has 0 saturated heterocycles. The summed E-state index contributed by atoms with van der Waals surface area (Å²) in [6.07, 6.45) is 2.20. The third kappa shape index (κ3) is 5.30. The Kier molecular flexibility index (Phi) is 7.08. The van der Waals surface area contributed by atoms with Crippen LogP contribution < -0.4 is 9.26 Å². The fourth-order valence-electron chi connectivity index (χ4n) is 3.47. The molecule has 1 N–H and O–H groups in total. The number of carbonyl (C=O) groups excluding carboxylic acids is 1. The molecule has 1 atom stereocenters. The molecule has 2 aromatic carbocycles. The molecule has 0 bridgehead atoms. The summed E-state index contributed by atoms with van der Waals surface area (Å²) in [5.41, 5.74) is 3.04. The minimum atomic E-state index is -2.95. The van der Waals surface area contributed by atoms with Crippen LogP contribution in [-0.2, 0) is 27.1 Å². The highest BCUT2D eigenvalue weighted by Crippen LogP contribution is 2.43. The van der Waals surface area contributed by atoms with Crippen LogP contribution in [0.4, 0.5) is 0 Å². The molecule has 0 aliphatic carbocycles. The van der Waals surface area contributed by atoms with Crippen LogP contribution in [0.15, 0.2) is 42.0 Å². The maximum atomic E-state index is 12.6. The van der Waals surface area contributed by atoms with Crippen LogP contribution in [0.1, 0.15) is 34.0 Å². The van der Waals surface area contributed by atoms with Gasteiger partial charge in [0.05, 0.1) is 13.7 Å². The standard InChI is InChI=1S/C23H27O7P/c1-15(12-28-14-31(4,26)30-17-8-6-5-7-9-17)10-11-18-21(24)20-19(13-29-23(20)25)16(2)22(18)27-3/h5-10,24H,11-14H2,1-4H3/b15-10+. The van der Waals surface area contributed by atoms with Gasteiger partial charge in [0.2, 0.25) is 0 Å². The molecule has 0 aromatic heterocycles. The number of hydrogen-bond donors (Lipinski definition) is 1. The third-order valence-corrected chi connectivity index (χ3v) is 6.25. The van der Waals surface area contributed by atoms with E-state index in [4.69, 9.17) is 18.7 Å². The number of carbonyl (C=O) groups is 1. The van der Waals surface area contributed by atoms with E-state index in [-0.39, 0.29) is 30.9 Å². The van der Waals surface area contributed by atoms with Gasteiger partial charge in [0.15, 0.2) is 0 Å². The minimum absolute atomic E-state index is 0.0224. The molecule has 1 aliphatic rings. The zero-order valence-electron chi connectivity index (χ0n) is 18.1. The SMILES string of the molecule is COc1c(C)c2c(c(O)c1C/C=C(\C)COCP(C)(=O)Oc1ccccc1)C(=O)OC2. The molecule has 166 valence electrons. The lowest BCUT2D eigenvalue weighted by Gasteiger charge is -2.16. The summed E-state index contributed by atoms with van der Waals surface area (Å²) in [5.74, 6) is 0.436. The number of allylic oxidation sites excluding steroid dienone is 1. The van der Waals surface area contributed by atoms with E-state index in [1.165, 1.54) is 13.8 Å². The zero-order valence-corrected chi connectivity index (χ0v) is 19.0. The summed E-state index contributed by atoms with van der Waals surface area (Å²) in [5, 5.41) is 10.7. The average Bonchev–Trinajstić information content (AvgIpc) is 3.12. The molecule has 0 saturated carbocycles. The molecular weight excluding hydrogens is 419 g/mol. The first-order valence-corrected chi connectivity index (χ1v) is 12.1. The Morgan fingerprint density at radius 2 is 2.00 bits per heavy atom. The number of rotatable bonds is 9. The van der Waals surface area contributed by atoms with Crippen LogP contribution in [0.5, 0.6) is 17.2 Å². The lowest BCUT2D eigenvalue weighted by molar-refractivity contribution is 0.0533. The first-order chi connectivity index (χ1) is 14.7. The fraction of sp³-hybridized carbons (Fsp3) is 0.348. The van der Waals surface area contributed by atoms with Crippen molar-refractivity contribution in [3.63, 3.8) is 0 Å². The van der Waals surface area contributed by atoms with Crippen LogP contribution >= 0.6 is 7.37 Å². The Hall–Kier alpha value is -2.76. The largest absolute Gasteiger partial charge is 0.507 e. The number of esters is 1. The van der Waals surface area contributed by atoms with Crippen molar-refractivity contribution in [1.29, 1.82) is 0 Å². The maximum Gasteiger partial charge on any atom is 0.342 e. The number of benzene rings is 2. The molecule has 3 rings (SSSR count). The van der Waals surface area contributed by atoms with Gasteiger partial charge in [0.25, 0.3) is 7.37 Å². The monoisotopic (exact) mass is 446 g/mol. The predicted molar refractivity (Wildman–Crippen MR) is 117 cm³/mol. The van der Waals surface area contributed by atoms with Gasteiger partial charge in [0, 0.05) is 17.8 Å². The number of aromatic hydroxyl groups is 1. The molecule has 31 heavy (non-hydrogen) atoms. The van der Waals surface area contributed by atoms with Gasteiger partial charge in [-0.1, -0.05) is 29.8 Å². The van der Waals surface area contributed by atoms with E-state index < -0.39 is 13.3 Å². The van der Waals surface area contributed by atoms with E-state index in [1.54, 1.807) is 12.1 Å². The zero-order chi connectivity index (χ0) is 22.6. The van der Waals surface area contributed by atoms with E-state index >= 15 is 0 Å². The van der Waals surface area contributed by atoms with Crippen LogP contribution in [0.2, 0.25) is 0 Å². The summed E-state index contributed by atoms with van der Waals surface area (Å²) in [6, 6.07) is 8.97. The number of cyclic esters (lactones) is 1. The molecule has 1 unspecified atom stereocenters. The predicted octanol–water partition coefficient (Wildman–Crippen LogP) is 4.83. The minimum Gasteiger partial charge on any atom is -0.507 e. The normalized spacial score (nSPS) is 15.2. The Bertz CT molecular complexity index is 1040. The molecule has 2 aromatic rings. The summed E-state index contributed by atoms with van der Waals surface area (Å²) in [7, 11) is -1.42. The van der Waals surface area contributed by atoms with E-state index in [1.807, 2.05) is 38.1 Å². The van der Waals surface area contributed by atoms with Gasteiger partial charge in [-0.3, -0.25) is 4.57 Å².